The Morgan fingerprint density at radius 3 is 0.963 bits per heavy atom. The third kappa shape index (κ3) is 3.73. The summed E-state index contributed by atoms with van der Waals surface area (Å²) in [5, 5.41) is 0. The predicted molar refractivity (Wildman–Crippen MR) is 51.0 cm³/mol. The van der Waals surface area contributed by atoms with E-state index in [-0.39, 0.29) is 0 Å². The summed E-state index contributed by atoms with van der Waals surface area (Å²) in [7, 11) is 0. The second kappa shape index (κ2) is 6.15. The van der Waals surface area contributed by atoms with Gasteiger partial charge in [0.1, 0.15) is 0 Å². The molecule has 0 amide bonds. The van der Waals surface area contributed by atoms with Crippen molar-refractivity contribution in [3.63, 3.8) is 0 Å². The van der Waals surface area contributed by atoms with Crippen LogP contribution in [0.2, 0.25) is 0 Å². The summed E-state index contributed by atoms with van der Waals surface area (Å²) in [6, 6.07) is 0. The van der Waals surface area contributed by atoms with Crippen molar-refractivity contribution < 1.29 is 74.6 Å². The summed E-state index contributed by atoms with van der Waals surface area (Å²) in [5.41, 5.74) is 0. The van der Waals surface area contributed by atoms with Gasteiger partial charge in [0.2, 0.25) is 0 Å². The number of hydrogen-bond acceptors (Lipinski definition) is 0. The monoisotopic (exact) mass is 448 g/mol. The van der Waals surface area contributed by atoms with E-state index in [1.807, 2.05) is 0 Å². The zero-order chi connectivity index (χ0) is 22.7. The van der Waals surface area contributed by atoms with Gasteiger partial charge in [-0.1, -0.05) is 0 Å². The molecule has 0 saturated heterocycles. The van der Waals surface area contributed by atoms with Crippen LogP contribution in [0.1, 0.15) is 13.3 Å². The van der Waals surface area contributed by atoms with E-state index in [4.69, 9.17) is 0 Å². The Kier molecular flexibility index (Phi) is 5.88. The van der Waals surface area contributed by atoms with Crippen molar-refractivity contribution in [3.8, 4) is 0 Å². The van der Waals surface area contributed by atoms with Gasteiger partial charge >= 0.3 is 47.6 Å². The fraction of sp³-hybridized carbons (Fsp3) is 1.00. The molecule has 0 aliphatic heterocycles. The lowest BCUT2D eigenvalue weighted by Gasteiger charge is -2.39. The van der Waals surface area contributed by atoms with Gasteiger partial charge in [0.15, 0.2) is 0 Å². The van der Waals surface area contributed by atoms with Gasteiger partial charge in [0.05, 0.1) is 6.42 Å². The Labute approximate surface area is 137 Å². The van der Waals surface area contributed by atoms with E-state index >= 15 is 0 Å². The molecule has 0 aliphatic rings. The molecule has 0 rings (SSSR count). The molecule has 27 heavy (non-hydrogen) atoms. The largest absolute Gasteiger partial charge is 0.460 e. The van der Waals surface area contributed by atoms with E-state index in [2.05, 4.69) is 0 Å². The van der Waals surface area contributed by atoms with Crippen LogP contribution in [0.4, 0.5) is 74.6 Å². The summed E-state index contributed by atoms with van der Waals surface area (Å²) < 4.78 is 214. The molecule has 0 aliphatic carbocycles. The standard InChI is InChI=1S/C10H5F17/c1-3(11,12)6(17,18)4(13,14)2-5(15,16)7(19,20)8(21,22)9(23,24)10(25,26)27/h2H2,1H3. The molecule has 0 aromatic heterocycles. The van der Waals surface area contributed by atoms with Gasteiger partial charge in [-0.05, 0) is 0 Å². The topological polar surface area (TPSA) is 0 Å². The minimum atomic E-state index is -8.12. The summed E-state index contributed by atoms with van der Waals surface area (Å²) in [4.78, 5) is 0. The van der Waals surface area contributed by atoms with E-state index in [0.717, 1.165) is 0 Å². The highest BCUT2D eigenvalue weighted by atomic mass is 19.4. The molecule has 0 N–H and O–H groups in total. The SMILES string of the molecule is CC(F)(F)C(F)(F)C(F)(F)CC(F)(F)C(F)(F)C(F)(F)C(F)(F)C(F)(F)F. The lowest BCUT2D eigenvalue weighted by atomic mass is 9.91. The number of halogens is 17. The lowest BCUT2D eigenvalue weighted by Crippen LogP contribution is -2.68. The van der Waals surface area contributed by atoms with Gasteiger partial charge < -0.3 is 0 Å². The maximum Gasteiger partial charge on any atom is 0.460 e. The van der Waals surface area contributed by atoms with Crippen molar-refractivity contribution in [1.29, 1.82) is 0 Å². The third-order valence-electron chi connectivity index (χ3n) is 3.06. The first kappa shape index (κ1) is 25.8. The predicted octanol–water partition coefficient (Wildman–Crippen LogP) is 6.41. The summed E-state index contributed by atoms with van der Waals surface area (Å²) in [5.74, 6) is -51.2. The summed E-state index contributed by atoms with van der Waals surface area (Å²) >= 11 is 0. The Balaban J connectivity index is 6.22. The molecule has 0 atom stereocenters. The van der Waals surface area contributed by atoms with Crippen molar-refractivity contribution in [2.24, 2.45) is 0 Å². The molecule has 0 spiro atoms. The molecule has 0 radical (unpaired) electrons. The van der Waals surface area contributed by atoms with Crippen LogP contribution in [0.15, 0.2) is 0 Å². The van der Waals surface area contributed by atoms with Crippen molar-refractivity contribution >= 4 is 0 Å². The van der Waals surface area contributed by atoms with Gasteiger partial charge in [-0.2, -0.15) is 74.6 Å². The van der Waals surface area contributed by atoms with Gasteiger partial charge in [-0.25, -0.2) is 0 Å². The fourth-order valence-corrected chi connectivity index (χ4v) is 1.43. The smallest absolute Gasteiger partial charge is 0.200 e. The molecule has 0 saturated carbocycles. The molecule has 0 aromatic rings. The van der Waals surface area contributed by atoms with E-state index in [1.165, 1.54) is 0 Å². The minimum Gasteiger partial charge on any atom is -0.200 e. The number of rotatable bonds is 7. The Morgan fingerprint density at radius 2 is 0.704 bits per heavy atom. The van der Waals surface area contributed by atoms with Gasteiger partial charge in [-0.15, -0.1) is 0 Å². The molecule has 0 heterocycles. The van der Waals surface area contributed by atoms with E-state index < -0.39 is 61.0 Å². The van der Waals surface area contributed by atoms with Crippen LogP contribution in [0.25, 0.3) is 0 Å². The van der Waals surface area contributed by atoms with E-state index in [9.17, 15) is 74.6 Å². The normalized spacial score (nSPS) is 16.7. The van der Waals surface area contributed by atoms with Crippen LogP contribution in [0.5, 0.6) is 0 Å². The first-order valence-corrected chi connectivity index (χ1v) is 5.92. The Morgan fingerprint density at radius 1 is 0.407 bits per heavy atom. The van der Waals surface area contributed by atoms with Crippen LogP contribution in [0.3, 0.4) is 0 Å². The van der Waals surface area contributed by atoms with Crippen LogP contribution >= 0.6 is 0 Å². The zero-order valence-corrected chi connectivity index (χ0v) is 12.1. The van der Waals surface area contributed by atoms with Crippen LogP contribution < -0.4 is 0 Å². The molecule has 164 valence electrons. The molecule has 17 heteroatoms. The highest BCUT2D eigenvalue weighted by Gasteiger charge is 2.88. The number of hydrogen-bond donors (Lipinski definition) is 0. The first-order valence-electron chi connectivity index (χ1n) is 5.92. The minimum absolute atomic E-state index is 1.01. The van der Waals surface area contributed by atoms with Crippen molar-refractivity contribution in [3.05, 3.63) is 0 Å². The Hall–Kier alpha value is -1.19. The molecular formula is C10H5F17. The fourth-order valence-electron chi connectivity index (χ4n) is 1.43. The van der Waals surface area contributed by atoms with Crippen LogP contribution in [-0.2, 0) is 0 Å². The maximum atomic E-state index is 13.0. The summed E-state index contributed by atoms with van der Waals surface area (Å²) in [6.45, 7) is -1.01. The Bertz CT molecular complexity index is 533. The van der Waals surface area contributed by atoms with Crippen molar-refractivity contribution in [1.82, 2.24) is 0 Å². The van der Waals surface area contributed by atoms with E-state index in [0.29, 0.717) is 0 Å². The van der Waals surface area contributed by atoms with E-state index in [1.54, 1.807) is 0 Å². The highest BCUT2D eigenvalue weighted by Crippen LogP contribution is 2.60. The van der Waals surface area contributed by atoms with Crippen LogP contribution in [-0.4, -0.2) is 47.6 Å². The van der Waals surface area contributed by atoms with Crippen molar-refractivity contribution in [2.75, 3.05) is 0 Å². The second-order valence-electron chi connectivity index (χ2n) is 5.27. The lowest BCUT2D eigenvalue weighted by molar-refractivity contribution is -0.428. The van der Waals surface area contributed by atoms with Crippen molar-refractivity contribution in [2.45, 2.75) is 61.0 Å². The average molecular weight is 448 g/mol. The maximum absolute atomic E-state index is 13.0. The third-order valence-corrected chi connectivity index (χ3v) is 3.06. The molecular weight excluding hydrogens is 443 g/mol. The highest BCUT2D eigenvalue weighted by molar-refractivity contribution is 5.09. The average Bonchev–Trinajstić information content (AvgIpc) is 2.33. The second-order valence-corrected chi connectivity index (χ2v) is 5.27. The molecule has 0 fully saturated rings. The first-order chi connectivity index (χ1) is 11.2. The van der Waals surface area contributed by atoms with Crippen LogP contribution in [0, 0.1) is 0 Å². The molecule has 0 nitrogen and oxygen atoms in total. The quantitative estimate of drug-likeness (QED) is 0.396. The van der Waals surface area contributed by atoms with Gasteiger partial charge in [0.25, 0.3) is 0 Å². The number of alkyl halides is 17. The van der Waals surface area contributed by atoms with Gasteiger partial charge in [0, 0.05) is 6.92 Å². The molecule has 0 bridgehead atoms. The van der Waals surface area contributed by atoms with Gasteiger partial charge in [-0.3, -0.25) is 0 Å². The molecule has 0 aromatic carbocycles. The zero-order valence-electron chi connectivity index (χ0n) is 12.1. The summed E-state index contributed by atoms with van der Waals surface area (Å²) in [6.07, 6.45) is -12.2. The molecule has 0 unspecified atom stereocenters.